The molecule has 5 heteroatoms. The van der Waals surface area contributed by atoms with Gasteiger partial charge in [0.1, 0.15) is 0 Å². The highest BCUT2D eigenvalue weighted by Gasteiger charge is 2.12. The van der Waals surface area contributed by atoms with Crippen LogP contribution in [-0.4, -0.2) is 23.5 Å². The lowest BCUT2D eigenvalue weighted by Gasteiger charge is -2.12. The minimum absolute atomic E-state index is 0.179. The second-order valence-electron chi connectivity index (χ2n) is 4.46. The summed E-state index contributed by atoms with van der Waals surface area (Å²) in [6.45, 7) is 0.546. The average molecular weight is 258 g/mol. The van der Waals surface area contributed by atoms with Gasteiger partial charge in [-0.25, -0.2) is 0 Å². The van der Waals surface area contributed by atoms with Gasteiger partial charge in [0.25, 0.3) is 0 Å². The Labute approximate surface area is 112 Å². The standard InChI is InChI=1S/C14H18N4O/c15-6-1-2-13(16)14(19)18-12-4-3-11-9-17-7-5-10(11)8-12/h3-5,7-9,13H,1-2,6,15-16H2,(H,18,19). The molecule has 0 fully saturated rings. The molecule has 0 bridgehead atoms. The van der Waals surface area contributed by atoms with E-state index in [2.05, 4.69) is 10.3 Å². The summed E-state index contributed by atoms with van der Waals surface area (Å²) in [4.78, 5) is 15.9. The molecular formula is C14H18N4O. The molecule has 2 aromatic rings. The van der Waals surface area contributed by atoms with Crippen LogP contribution in [0.5, 0.6) is 0 Å². The number of benzene rings is 1. The zero-order chi connectivity index (χ0) is 13.7. The lowest BCUT2D eigenvalue weighted by molar-refractivity contribution is -0.117. The Morgan fingerprint density at radius 2 is 2.16 bits per heavy atom. The molecule has 19 heavy (non-hydrogen) atoms. The van der Waals surface area contributed by atoms with E-state index in [4.69, 9.17) is 11.5 Å². The van der Waals surface area contributed by atoms with Crippen LogP contribution in [0.2, 0.25) is 0 Å². The molecule has 1 amide bonds. The third-order valence-corrected chi connectivity index (χ3v) is 2.96. The third kappa shape index (κ3) is 3.49. The number of aromatic nitrogens is 1. The third-order valence-electron chi connectivity index (χ3n) is 2.96. The molecule has 1 atom stereocenters. The van der Waals surface area contributed by atoms with Gasteiger partial charge in [0.2, 0.25) is 5.91 Å². The van der Waals surface area contributed by atoms with E-state index < -0.39 is 6.04 Å². The smallest absolute Gasteiger partial charge is 0.241 e. The molecule has 1 unspecified atom stereocenters. The van der Waals surface area contributed by atoms with Gasteiger partial charge < -0.3 is 16.8 Å². The number of rotatable bonds is 5. The minimum Gasteiger partial charge on any atom is -0.330 e. The largest absolute Gasteiger partial charge is 0.330 e. The fourth-order valence-electron chi connectivity index (χ4n) is 1.86. The Morgan fingerprint density at radius 3 is 2.95 bits per heavy atom. The van der Waals surface area contributed by atoms with Crippen molar-refractivity contribution in [2.24, 2.45) is 11.5 Å². The van der Waals surface area contributed by atoms with E-state index in [-0.39, 0.29) is 5.91 Å². The summed E-state index contributed by atoms with van der Waals surface area (Å²) in [5, 5.41) is 4.88. The first kappa shape index (κ1) is 13.5. The number of amides is 1. The van der Waals surface area contributed by atoms with Crippen molar-refractivity contribution in [3.8, 4) is 0 Å². The maximum atomic E-state index is 11.9. The van der Waals surface area contributed by atoms with Gasteiger partial charge in [-0.15, -0.1) is 0 Å². The van der Waals surface area contributed by atoms with Gasteiger partial charge in [0, 0.05) is 23.5 Å². The molecule has 0 saturated heterocycles. The van der Waals surface area contributed by atoms with Crippen molar-refractivity contribution in [2.45, 2.75) is 18.9 Å². The molecule has 0 aliphatic carbocycles. The van der Waals surface area contributed by atoms with Gasteiger partial charge in [0.15, 0.2) is 0 Å². The van der Waals surface area contributed by atoms with Crippen molar-refractivity contribution < 1.29 is 4.79 Å². The number of pyridine rings is 1. The highest BCUT2D eigenvalue weighted by atomic mass is 16.2. The highest BCUT2D eigenvalue weighted by molar-refractivity contribution is 5.96. The van der Waals surface area contributed by atoms with Crippen LogP contribution in [0, 0.1) is 0 Å². The predicted octanol–water partition coefficient (Wildman–Crippen LogP) is 1.24. The average Bonchev–Trinajstić information content (AvgIpc) is 2.44. The molecule has 5 nitrogen and oxygen atoms in total. The molecule has 1 aromatic carbocycles. The number of nitrogens with zero attached hydrogens (tertiary/aromatic N) is 1. The molecule has 2 rings (SSSR count). The Morgan fingerprint density at radius 1 is 1.32 bits per heavy atom. The number of hydrogen-bond donors (Lipinski definition) is 3. The van der Waals surface area contributed by atoms with Gasteiger partial charge in [0.05, 0.1) is 6.04 Å². The number of carbonyl (C=O) groups excluding carboxylic acids is 1. The summed E-state index contributed by atoms with van der Waals surface area (Å²) in [7, 11) is 0. The Hall–Kier alpha value is -1.98. The summed E-state index contributed by atoms with van der Waals surface area (Å²) in [5.74, 6) is -0.179. The molecule has 0 radical (unpaired) electrons. The van der Waals surface area contributed by atoms with Gasteiger partial charge >= 0.3 is 0 Å². The SMILES string of the molecule is NCCCC(N)C(=O)Nc1ccc2cnccc2c1. The fraction of sp³-hybridized carbons (Fsp3) is 0.286. The molecule has 5 N–H and O–H groups in total. The normalized spacial score (nSPS) is 12.3. The number of nitrogens with one attached hydrogen (secondary N) is 1. The monoisotopic (exact) mass is 258 g/mol. The van der Waals surface area contributed by atoms with E-state index in [9.17, 15) is 4.79 Å². The Bertz CT molecular complexity index is 570. The van der Waals surface area contributed by atoms with E-state index in [0.717, 1.165) is 22.9 Å². The van der Waals surface area contributed by atoms with Crippen LogP contribution in [0.3, 0.4) is 0 Å². The molecule has 0 aliphatic rings. The van der Waals surface area contributed by atoms with Crippen molar-refractivity contribution in [2.75, 3.05) is 11.9 Å². The van der Waals surface area contributed by atoms with E-state index in [1.165, 1.54) is 0 Å². The molecule has 0 saturated carbocycles. The Kier molecular flexibility index (Phi) is 4.43. The molecule has 0 aliphatic heterocycles. The summed E-state index contributed by atoms with van der Waals surface area (Å²) < 4.78 is 0. The van der Waals surface area contributed by atoms with Crippen molar-refractivity contribution in [1.29, 1.82) is 0 Å². The first-order chi connectivity index (χ1) is 9.20. The van der Waals surface area contributed by atoms with E-state index >= 15 is 0 Å². The van der Waals surface area contributed by atoms with Crippen LogP contribution < -0.4 is 16.8 Å². The molecule has 100 valence electrons. The van der Waals surface area contributed by atoms with Gasteiger partial charge in [-0.1, -0.05) is 6.07 Å². The topological polar surface area (TPSA) is 94.0 Å². The van der Waals surface area contributed by atoms with E-state index in [0.29, 0.717) is 13.0 Å². The van der Waals surface area contributed by atoms with Crippen LogP contribution in [0.1, 0.15) is 12.8 Å². The number of fused-ring (bicyclic) bond motifs is 1. The highest BCUT2D eigenvalue weighted by Crippen LogP contribution is 2.18. The van der Waals surface area contributed by atoms with Crippen molar-refractivity contribution in [1.82, 2.24) is 4.98 Å². The fourth-order valence-corrected chi connectivity index (χ4v) is 1.86. The molecular weight excluding hydrogens is 240 g/mol. The van der Waals surface area contributed by atoms with Crippen LogP contribution in [-0.2, 0) is 4.79 Å². The van der Waals surface area contributed by atoms with Gasteiger partial charge in [-0.2, -0.15) is 0 Å². The van der Waals surface area contributed by atoms with Gasteiger partial charge in [-0.3, -0.25) is 9.78 Å². The van der Waals surface area contributed by atoms with Gasteiger partial charge in [-0.05, 0) is 43.0 Å². The first-order valence-electron chi connectivity index (χ1n) is 6.31. The zero-order valence-electron chi connectivity index (χ0n) is 10.7. The predicted molar refractivity (Wildman–Crippen MR) is 76.6 cm³/mol. The van der Waals surface area contributed by atoms with Crippen molar-refractivity contribution in [3.63, 3.8) is 0 Å². The molecule has 1 aromatic heterocycles. The lowest BCUT2D eigenvalue weighted by Crippen LogP contribution is -2.35. The van der Waals surface area contributed by atoms with Crippen molar-refractivity contribution in [3.05, 3.63) is 36.7 Å². The Balaban J connectivity index is 2.06. The molecule has 1 heterocycles. The number of carbonyl (C=O) groups is 1. The summed E-state index contributed by atoms with van der Waals surface area (Å²) in [5.41, 5.74) is 11.9. The quantitative estimate of drug-likeness (QED) is 0.752. The second kappa shape index (κ2) is 6.26. The van der Waals surface area contributed by atoms with Crippen LogP contribution in [0.15, 0.2) is 36.7 Å². The zero-order valence-corrected chi connectivity index (χ0v) is 10.7. The van der Waals surface area contributed by atoms with E-state index in [1.807, 2.05) is 24.3 Å². The van der Waals surface area contributed by atoms with Crippen molar-refractivity contribution >= 4 is 22.4 Å². The number of nitrogens with two attached hydrogens (primary N) is 2. The first-order valence-corrected chi connectivity index (χ1v) is 6.31. The van der Waals surface area contributed by atoms with E-state index in [1.54, 1.807) is 12.4 Å². The summed E-state index contributed by atoms with van der Waals surface area (Å²) in [6.07, 6.45) is 4.85. The number of hydrogen-bond acceptors (Lipinski definition) is 4. The minimum atomic E-state index is -0.517. The van der Waals surface area contributed by atoms with Crippen LogP contribution in [0.4, 0.5) is 5.69 Å². The maximum absolute atomic E-state index is 11.9. The second-order valence-corrected chi connectivity index (χ2v) is 4.46. The summed E-state index contributed by atoms with van der Waals surface area (Å²) in [6, 6.07) is 7.06. The summed E-state index contributed by atoms with van der Waals surface area (Å²) >= 11 is 0. The lowest BCUT2D eigenvalue weighted by atomic mass is 10.1. The maximum Gasteiger partial charge on any atom is 0.241 e. The number of anilines is 1. The van der Waals surface area contributed by atoms with Crippen LogP contribution >= 0.6 is 0 Å². The van der Waals surface area contributed by atoms with Crippen LogP contribution in [0.25, 0.3) is 10.8 Å². The molecule has 0 spiro atoms.